The van der Waals surface area contributed by atoms with Crippen LogP contribution in [0.1, 0.15) is 33.5 Å². The number of para-hydroxylation sites is 1. The third kappa shape index (κ3) is 4.04. The highest BCUT2D eigenvalue weighted by molar-refractivity contribution is 5.97. The van der Waals surface area contributed by atoms with Crippen molar-refractivity contribution in [2.75, 3.05) is 38.2 Å². The van der Waals surface area contributed by atoms with Crippen LogP contribution in [0.2, 0.25) is 0 Å². The zero-order valence-corrected chi connectivity index (χ0v) is 18.2. The number of nitrogens with zero attached hydrogens (tertiary/aromatic N) is 4. The normalized spacial score (nSPS) is 14.3. The second-order valence-corrected chi connectivity index (χ2v) is 7.93. The molecule has 6 nitrogen and oxygen atoms in total. The number of nitriles is 1. The molecular formula is C25H26N4O2. The van der Waals surface area contributed by atoms with Gasteiger partial charge in [-0.25, -0.2) is 4.98 Å². The summed E-state index contributed by atoms with van der Waals surface area (Å²) in [5.41, 5.74) is 4.40. The number of carbonyl (C=O) groups is 1. The molecule has 0 spiro atoms. The Kier molecular flexibility index (Phi) is 5.77. The van der Waals surface area contributed by atoms with E-state index in [1.54, 1.807) is 19.2 Å². The minimum Gasteiger partial charge on any atom is -0.496 e. The van der Waals surface area contributed by atoms with Gasteiger partial charge in [0.2, 0.25) is 0 Å². The summed E-state index contributed by atoms with van der Waals surface area (Å²) in [6, 6.07) is 15.7. The third-order valence-corrected chi connectivity index (χ3v) is 5.95. The van der Waals surface area contributed by atoms with Gasteiger partial charge in [0.25, 0.3) is 5.91 Å². The van der Waals surface area contributed by atoms with Gasteiger partial charge in [-0.05, 0) is 61.7 Å². The predicted octanol–water partition coefficient (Wildman–Crippen LogP) is 4.08. The van der Waals surface area contributed by atoms with Crippen molar-refractivity contribution in [2.24, 2.45) is 0 Å². The Bertz CT molecular complexity index is 1180. The van der Waals surface area contributed by atoms with Crippen molar-refractivity contribution in [3.63, 3.8) is 0 Å². The number of rotatable bonds is 3. The molecule has 0 N–H and O–H groups in total. The van der Waals surface area contributed by atoms with Crippen molar-refractivity contribution in [2.45, 2.75) is 20.3 Å². The summed E-state index contributed by atoms with van der Waals surface area (Å²) in [6.07, 6.45) is 0.804. The van der Waals surface area contributed by atoms with Crippen molar-refractivity contribution < 1.29 is 9.53 Å². The fourth-order valence-electron chi connectivity index (χ4n) is 4.08. The predicted molar refractivity (Wildman–Crippen MR) is 122 cm³/mol. The Morgan fingerprint density at radius 3 is 2.61 bits per heavy atom. The zero-order chi connectivity index (χ0) is 22.0. The Hall–Kier alpha value is -3.59. The highest BCUT2D eigenvalue weighted by Crippen LogP contribution is 2.27. The molecule has 1 saturated heterocycles. The number of hydrogen-bond donors (Lipinski definition) is 0. The zero-order valence-electron chi connectivity index (χ0n) is 18.2. The molecule has 3 aromatic rings. The van der Waals surface area contributed by atoms with E-state index in [1.807, 2.05) is 23.1 Å². The van der Waals surface area contributed by atoms with Gasteiger partial charge in [-0.3, -0.25) is 4.79 Å². The lowest BCUT2D eigenvalue weighted by Gasteiger charge is -2.24. The van der Waals surface area contributed by atoms with Crippen LogP contribution in [-0.2, 0) is 0 Å². The van der Waals surface area contributed by atoms with Crippen LogP contribution in [0.15, 0.2) is 42.5 Å². The van der Waals surface area contributed by atoms with Crippen LogP contribution in [0, 0.1) is 25.2 Å². The molecule has 2 heterocycles. The summed E-state index contributed by atoms with van der Waals surface area (Å²) in [7, 11) is 1.58. The van der Waals surface area contributed by atoms with E-state index in [4.69, 9.17) is 9.72 Å². The smallest absolute Gasteiger partial charge is 0.257 e. The number of amides is 1. The van der Waals surface area contributed by atoms with Gasteiger partial charge in [-0.15, -0.1) is 0 Å². The fourth-order valence-corrected chi connectivity index (χ4v) is 4.08. The molecule has 4 rings (SSSR count). The number of benzene rings is 2. The van der Waals surface area contributed by atoms with Crippen LogP contribution < -0.4 is 9.64 Å². The van der Waals surface area contributed by atoms with Crippen LogP contribution >= 0.6 is 0 Å². The minimum atomic E-state index is -0.0302. The molecular weight excluding hydrogens is 388 g/mol. The second kappa shape index (κ2) is 8.65. The number of methoxy groups -OCH3 is 1. The first-order chi connectivity index (χ1) is 15.0. The van der Waals surface area contributed by atoms with Crippen molar-refractivity contribution >= 4 is 22.6 Å². The van der Waals surface area contributed by atoms with Crippen LogP contribution in [0.25, 0.3) is 10.9 Å². The number of pyridine rings is 1. The molecule has 0 saturated carbocycles. The number of aromatic nitrogens is 1. The molecule has 1 aliphatic heterocycles. The molecule has 1 amide bonds. The summed E-state index contributed by atoms with van der Waals surface area (Å²) in [5, 5.41) is 10.7. The summed E-state index contributed by atoms with van der Waals surface area (Å²) in [5.74, 6) is 1.25. The van der Waals surface area contributed by atoms with E-state index in [2.05, 4.69) is 36.9 Å². The summed E-state index contributed by atoms with van der Waals surface area (Å²) >= 11 is 0. The number of ether oxygens (including phenoxy) is 1. The molecule has 6 heteroatoms. The lowest BCUT2D eigenvalue weighted by molar-refractivity contribution is 0.0763. The first-order valence-corrected chi connectivity index (χ1v) is 10.5. The molecule has 158 valence electrons. The van der Waals surface area contributed by atoms with Crippen LogP contribution in [0.5, 0.6) is 5.75 Å². The van der Waals surface area contributed by atoms with Crippen molar-refractivity contribution in [1.82, 2.24) is 9.88 Å². The molecule has 0 bridgehead atoms. The molecule has 31 heavy (non-hydrogen) atoms. The van der Waals surface area contributed by atoms with Gasteiger partial charge in [0, 0.05) is 31.6 Å². The van der Waals surface area contributed by atoms with Gasteiger partial charge < -0.3 is 14.5 Å². The molecule has 1 aromatic heterocycles. The number of aryl methyl sites for hydroxylation is 2. The van der Waals surface area contributed by atoms with E-state index in [9.17, 15) is 10.1 Å². The Balaban J connectivity index is 1.60. The summed E-state index contributed by atoms with van der Waals surface area (Å²) in [4.78, 5) is 21.9. The average molecular weight is 415 g/mol. The molecule has 2 aromatic carbocycles. The second-order valence-electron chi connectivity index (χ2n) is 7.93. The number of carbonyl (C=O) groups excluding carboxylic acids is 1. The molecule has 1 fully saturated rings. The molecule has 0 aliphatic carbocycles. The maximum Gasteiger partial charge on any atom is 0.257 e. The first-order valence-electron chi connectivity index (χ1n) is 10.5. The van der Waals surface area contributed by atoms with Crippen molar-refractivity contribution in [3.05, 3.63) is 64.7 Å². The molecule has 0 atom stereocenters. The van der Waals surface area contributed by atoms with Crippen LogP contribution in [0.4, 0.5) is 5.82 Å². The van der Waals surface area contributed by atoms with E-state index in [-0.39, 0.29) is 5.91 Å². The van der Waals surface area contributed by atoms with Crippen LogP contribution in [-0.4, -0.2) is 49.1 Å². The topological polar surface area (TPSA) is 69.5 Å². The first kappa shape index (κ1) is 20.7. The van der Waals surface area contributed by atoms with E-state index in [1.165, 1.54) is 11.1 Å². The maximum absolute atomic E-state index is 13.1. The molecule has 0 radical (unpaired) electrons. The van der Waals surface area contributed by atoms with Gasteiger partial charge >= 0.3 is 0 Å². The van der Waals surface area contributed by atoms with E-state index >= 15 is 0 Å². The number of anilines is 1. The van der Waals surface area contributed by atoms with Gasteiger partial charge in [0.05, 0.1) is 23.8 Å². The van der Waals surface area contributed by atoms with Crippen molar-refractivity contribution in [1.29, 1.82) is 5.26 Å². The highest BCUT2D eigenvalue weighted by atomic mass is 16.5. The van der Waals surface area contributed by atoms with Gasteiger partial charge in [0.15, 0.2) is 0 Å². The van der Waals surface area contributed by atoms with Gasteiger partial charge in [-0.2, -0.15) is 5.26 Å². The Labute approximate surface area is 182 Å². The summed E-state index contributed by atoms with van der Waals surface area (Å²) < 4.78 is 5.36. The maximum atomic E-state index is 13.1. The number of hydrogen-bond acceptors (Lipinski definition) is 5. The Morgan fingerprint density at radius 2 is 1.84 bits per heavy atom. The monoisotopic (exact) mass is 414 g/mol. The van der Waals surface area contributed by atoms with Crippen molar-refractivity contribution in [3.8, 4) is 11.8 Å². The lowest BCUT2D eigenvalue weighted by Crippen LogP contribution is -2.35. The van der Waals surface area contributed by atoms with Crippen LogP contribution in [0.3, 0.4) is 0 Å². The third-order valence-electron chi connectivity index (χ3n) is 5.95. The molecule has 0 unspecified atom stereocenters. The molecule has 1 aliphatic rings. The fraction of sp³-hybridized carbons (Fsp3) is 0.320. The SMILES string of the molecule is COc1ccccc1C(=O)N1CCCN(c2nc3cc(C)c(C)cc3cc2C#N)CC1. The van der Waals surface area contributed by atoms with E-state index in [0.717, 1.165) is 23.9 Å². The standard InChI is InChI=1S/C25H26N4O2/c1-17-13-19-15-20(16-26)24(27-22(19)14-18(17)2)28-9-6-10-29(12-11-28)25(30)21-7-4-5-8-23(21)31-3/h4-5,7-8,13-15H,6,9-12H2,1-3H3. The quantitative estimate of drug-likeness (QED) is 0.646. The number of fused-ring (bicyclic) bond motifs is 1. The van der Waals surface area contributed by atoms with E-state index < -0.39 is 0 Å². The summed E-state index contributed by atoms with van der Waals surface area (Å²) in [6.45, 7) is 6.72. The average Bonchev–Trinajstić information content (AvgIpc) is 3.05. The lowest BCUT2D eigenvalue weighted by atomic mass is 10.0. The minimum absolute atomic E-state index is 0.0302. The van der Waals surface area contributed by atoms with E-state index in [0.29, 0.717) is 42.3 Å². The highest BCUT2D eigenvalue weighted by Gasteiger charge is 2.24. The van der Waals surface area contributed by atoms with Gasteiger partial charge in [-0.1, -0.05) is 12.1 Å². The largest absolute Gasteiger partial charge is 0.496 e. The van der Waals surface area contributed by atoms with Gasteiger partial charge in [0.1, 0.15) is 17.6 Å². The Morgan fingerprint density at radius 1 is 1.06 bits per heavy atom.